The fourth-order valence-electron chi connectivity index (χ4n) is 8.93. The number of alkyl halides is 3. The molecular formula is C41H52F3N5O11S. The lowest BCUT2D eigenvalue weighted by molar-refractivity contribution is -0.201. The van der Waals surface area contributed by atoms with Gasteiger partial charge in [-0.1, -0.05) is 32.4 Å². The molecule has 2 aromatic rings. The number of rotatable bonds is 10. The normalized spacial score (nSPS) is 31.0. The Morgan fingerprint density at radius 3 is 2.44 bits per heavy atom. The number of benzene rings is 1. The number of allylic oxidation sites excluding steroid dienone is 1. The quantitative estimate of drug-likeness (QED) is 0.282. The van der Waals surface area contributed by atoms with Crippen LogP contribution in [0.25, 0.3) is 10.8 Å². The molecule has 5 aliphatic rings. The minimum absolute atomic E-state index is 0.0171. The van der Waals surface area contributed by atoms with E-state index in [1.807, 2.05) is 13.0 Å². The summed E-state index contributed by atoms with van der Waals surface area (Å²) in [5, 5.41) is 13.9. The highest BCUT2D eigenvalue weighted by Crippen LogP contribution is 2.49. The summed E-state index contributed by atoms with van der Waals surface area (Å²) in [6.07, 6.45) is -4.04. The van der Waals surface area contributed by atoms with Crippen LogP contribution >= 0.6 is 0 Å². The number of hydrogen-bond acceptors (Lipinski definition) is 11. The van der Waals surface area contributed by atoms with Crippen LogP contribution in [0.2, 0.25) is 0 Å². The van der Waals surface area contributed by atoms with Gasteiger partial charge in [-0.05, 0) is 80.9 Å². The van der Waals surface area contributed by atoms with E-state index in [1.54, 1.807) is 25.1 Å². The van der Waals surface area contributed by atoms with Crippen molar-refractivity contribution in [1.82, 2.24) is 24.8 Å². The lowest BCUT2D eigenvalue weighted by atomic mass is 9.83. The molecule has 1 unspecified atom stereocenters. The molecule has 334 valence electrons. The van der Waals surface area contributed by atoms with Crippen molar-refractivity contribution in [2.75, 3.05) is 27.4 Å². The number of halogens is 3. The fraction of sp³-hybridized carbons (Fsp3) is 0.634. The highest BCUT2D eigenvalue weighted by molar-refractivity contribution is 7.91. The lowest BCUT2D eigenvalue weighted by Gasteiger charge is -2.45. The van der Waals surface area contributed by atoms with Crippen molar-refractivity contribution in [2.24, 2.45) is 17.8 Å². The second kappa shape index (κ2) is 16.4. The zero-order valence-corrected chi connectivity index (χ0v) is 35.4. The summed E-state index contributed by atoms with van der Waals surface area (Å²) >= 11 is 0. The van der Waals surface area contributed by atoms with E-state index in [9.17, 15) is 27.9 Å². The van der Waals surface area contributed by atoms with Crippen LogP contribution in [0.3, 0.4) is 0 Å². The first-order valence-corrected chi connectivity index (χ1v) is 22.0. The van der Waals surface area contributed by atoms with E-state index in [0.29, 0.717) is 41.7 Å². The number of fused-ring (bicyclic) bond motifs is 3. The number of ether oxygens (including phenoxy) is 4. The van der Waals surface area contributed by atoms with E-state index in [-0.39, 0.29) is 55.5 Å². The summed E-state index contributed by atoms with van der Waals surface area (Å²) in [4.78, 5) is 62.8. The molecule has 3 aliphatic heterocycles. The first kappa shape index (κ1) is 44.2. The van der Waals surface area contributed by atoms with Gasteiger partial charge < -0.3 is 34.3 Å². The Labute approximate surface area is 351 Å². The number of aromatic nitrogens is 1. The summed E-state index contributed by atoms with van der Waals surface area (Å²) in [5.74, 6) is -5.04. The van der Waals surface area contributed by atoms with Crippen molar-refractivity contribution in [1.29, 1.82) is 0 Å². The Hall–Kier alpha value is -4.85. The third kappa shape index (κ3) is 8.40. The smallest absolute Gasteiger partial charge is 0.412 e. The maximum Gasteiger partial charge on any atom is 0.412 e. The van der Waals surface area contributed by atoms with Gasteiger partial charge in [-0.2, -0.15) is 18.2 Å². The van der Waals surface area contributed by atoms with Gasteiger partial charge in [0.25, 0.3) is 5.91 Å². The zero-order valence-electron chi connectivity index (χ0n) is 34.6. The molecule has 7 rings (SSSR count). The molecule has 20 heteroatoms. The SMILES string of the molecule is CC[C@@H]1C[C@H](C)CC/C=C\[C@@H]2C[C@@]2(C(=O)NS(=O)(=O)C2(C)CC2)NC(=O)[C@@H]2C[C@@H](Oc3nc(OC)cc4cc(OC)ccc34)C(C(F)(F)F)N2C(=O)[C@H]1N(C(=O)O)C1COC1. The monoisotopic (exact) mass is 879 g/mol. The molecule has 61 heavy (non-hydrogen) atoms. The fourth-order valence-corrected chi connectivity index (χ4v) is 10.2. The summed E-state index contributed by atoms with van der Waals surface area (Å²) in [5.41, 5.74) is -1.88. The van der Waals surface area contributed by atoms with Gasteiger partial charge in [-0.15, -0.1) is 0 Å². The second-order valence-corrected chi connectivity index (χ2v) is 19.4. The molecule has 4 heterocycles. The summed E-state index contributed by atoms with van der Waals surface area (Å²) in [6, 6.07) is -1.15. The second-order valence-electron chi connectivity index (χ2n) is 17.2. The maximum absolute atomic E-state index is 15.9. The molecule has 4 fully saturated rings. The van der Waals surface area contributed by atoms with Crippen LogP contribution in [0.4, 0.5) is 18.0 Å². The molecule has 8 atom stereocenters. The lowest BCUT2D eigenvalue weighted by Crippen LogP contribution is -2.66. The van der Waals surface area contributed by atoms with Gasteiger partial charge in [0.1, 0.15) is 29.5 Å². The minimum atomic E-state index is -5.27. The molecule has 1 aromatic carbocycles. The molecule has 1 aromatic heterocycles. The molecule has 0 radical (unpaired) electrons. The topological polar surface area (TPSA) is 203 Å². The predicted molar refractivity (Wildman–Crippen MR) is 212 cm³/mol. The number of pyridine rings is 1. The maximum atomic E-state index is 15.9. The van der Waals surface area contributed by atoms with Crippen molar-refractivity contribution in [2.45, 2.75) is 119 Å². The number of nitrogens with one attached hydrogen (secondary N) is 2. The Bertz CT molecular complexity index is 2190. The highest BCUT2D eigenvalue weighted by atomic mass is 32.2. The number of amides is 4. The van der Waals surface area contributed by atoms with Crippen molar-refractivity contribution >= 4 is 44.6 Å². The van der Waals surface area contributed by atoms with Gasteiger partial charge in [0.2, 0.25) is 33.6 Å². The molecule has 2 aliphatic carbocycles. The zero-order chi connectivity index (χ0) is 44.2. The van der Waals surface area contributed by atoms with Crippen molar-refractivity contribution in [3.05, 3.63) is 36.4 Å². The molecular weight excluding hydrogens is 828 g/mol. The first-order valence-electron chi connectivity index (χ1n) is 20.5. The molecule has 16 nitrogen and oxygen atoms in total. The van der Waals surface area contributed by atoms with Crippen molar-refractivity contribution in [3.8, 4) is 17.5 Å². The van der Waals surface area contributed by atoms with E-state index in [4.69, 9.17) is 18.9 Å². The van der Waals surface area contributed by atoms with Gasteiger partial charge in [0, 0.05) is 23.8 Å². The van der Waals surface area contributed by atoms with E-state index >= 15 is 18.0 Å². The van der Waals surface area contributed by atoms with Crippen LogP contribution < -0.4 is 24.2 Å². The third-order valence-electron chi connectivity index (χ3n) is 13.0. The number of sulfonamides is 1. The average molecular weight is 880 g/mol. The number of carbonyl (C=O) groups excluding carboxylic acids is 3. The van der Waals surface area contributed by atoms with Gasteiger partial charge in [0.05, 0.1) is 38.2 Å². The van der Waals surface area contributed by atoms with Crippen LogP contribution in [-0.2, 0) is 29.1 Å². The Morgan fingerprint density at radius 2 is 1.85 bits per heavy atom. The molecule has 2 saturated carbocycles. The largest absolute Gasteiger partial charge is 0.497 e. The molecule has 3 N–H and O–H groups in total. The summed E-state index contributed by atoms with van der Waals surface area (Å²) in [7, 11) is -1.46. The summed E-state index contributed by atoms with van der Waals surface area (Å²) in [6.45, 7) is 4.92. The third-order valence-corrected chi connectivity index (χ3v) is 15.2. The van der Waals surface area contributed by atoms with Crippen LogP contribution in [0.1, 0.15) is 72.1 Å². The van der Waals surface area contributed by atoms with E-state index in [0.717, 1.165) is 4.90 Å². The van der Waals surface area contributed by atoms with Crippen LogP contribution in [0, 0.1) is 17.8 Å². The van der Waals surface area contributed by atoms with Crippen molar-refractivity contribution < 1.29 is 64.8 Å². The Kier molecular flexibility index (Phi) is 11.9. The highest BCUT2D eigenvalue weighted by Gasteiger charge is 2.66. The van der Waals surface area contributed by atoms with Gasteiger partial charge in [-0.3, -0.25) is 24.0 Å². The van der Waals surface area contributed by atoms with Crippen LogP contribution in [0.5, 0.6) is 17.5 Å². The van der Waals surface area contributed by atoms with Crippen molar-refractivity contribution in [3.63, 3.8) is 0 Å². The first-order chi connectivity index (χ1) is 28.8. The number of methoxy groups -OCH3 is 2. The molecule has 4 amide bonds. The number of nitrogens with zero attached hydrogens (tertiary/aromatic N) is 3. The standard InChI is InChI=1S/C41H52F3N5O11S/c1-6-23-15-22(2)9-7-8-10-25-19-40(25,37(52)47-61(55,56)39(3)13-14-39)46-34(50)29-18-30(60-35-28-12-11-27(57-4)16-24(28)17-31(45-35)58-5)33(41(42,43)44)49(29)36(51)32(23)48(38(53)54)26-20-59-21-26/h8,10-12,16-17,22-23,25-26,29-30,32-33H,6-7,9,13-15,18-21H2,1-5H3,(H,46,50)(H,47,52)(H,53,54)/b10-8-/t22-,23-,25-,29+,30-,32+,33?,40-/m1/s1. The van der Waals surface area contributed by atoms with Gasteiger partial charge >= 0.3 is 12.3 Å². The Balaban J connectivity index is 1.36. The Morgan fingerprint density at radius 1 is 1.13 bits per heavy atom. The number of carboxylic acid groups (broad SMARTS) is 1. The van der Waals surface area contributed by atoms with Crippen LogP contribution in [0.15, 0.2) is 36.4 Å². The van der Waals surface area contributed by atoms with Gasteiger partial charge in [-0.25, -0.2) is 13.2 Å². The van der Waals surface area contributed by atoms with E-state index in [2.05, 4.69) is 15.0 Å². The minimum Gasteiger partial charge on any atom is -0.497 e. The van der Waals surface area contributed by atoms with Gasteiger partial charge in [0.15, 0.2) is 6.04 Å². The average Bonchev–Trinajstić information content (AvgIpc) is 4.07. The number of hydrogen-bond donors (Lipinski definition) is 3. The molecule has 0 spiro atoms. The molecule has 0 bridgehead atoms. The summed E-state index contributed by atoms with van der Waals surface area (Å²) < 4.78 is 97.2. The number of carbonyl (C=O) groups is 4. The van der Waals surface area contributed by atoms with E-state index < -0.39 is 98.8 Å². The van der Waals surface area contributed by atoms with Crippen LogP contribution in [-0.4, -0.2) is 126 Å². The molecule has 2 saturated heterocycles. The van der Waals surface area contributed by atoms with E-state index in [1.165, 1.54) is 33.3 Å². The predicted octanol–water partition coefficient (Wildman–Crippen LogP) is 4.55.